The van der Waals surface area contributed by atoms with Gasteiger partial charge in [0.15, 0.2) is 5.90 Å². The second-order valence-electron chi connectivity index (χ2n) is 3.53. The van der Waals surface area contributed by atoms with Crippen molar-refractivity contribution in [3.05, 3.63) is 0 Å². The molecule has 0 aromatic carbocycles. The molecular formula is C11H17NO5. The van der Waals surface area contributed by atoms with Gasteiger partial charge in [0, 0.05) is 13.3 Å². The molecule has 0 unspecified atom stereocenters. The van der Waals surface area contributed by atoms with Gasteiger partial charge in [-0.05, 0) is 13.8 Å². The first-order valence-electron chi connectivity index (χ1n) is 5.60. The Morgan fingerprint density at radius 1 is 1.29 bits per heavy atom. The Kier molecular flexibility index (Phi) is 4.48. The lowest BCUT2D eigenvalue weighted by molar-refractivity contribution is -0.165. The minimum absolute atomic E-state index is 0.141. The highest BCUT2D eigenvalue weighted by Crippen LogP contribution is 2.25. The van der Waals surface area contributed by atoms with Crippen molar-refractivity contribution in [1.82, 2.24) is 0 Å². The van der Waals surface area contributed by atoms with Crippen molar-refractivity contribution in [1.29, 1.82) is 0 Å². The minimum atomic E-state index is -1.59. The fraction of sp³-hybridized carbons (Fsp3) is 0.727. The molecule has 0 aromatic rings. The second kappa shape index (κ2) is 5.65. The van der Waals surface area contributed by atoms with Gasteiger partial charge in [-0.3, -0.25) is 0 Å². The highest BCUT2D eigenvalue weighted by molar-refractivity contribution is 6.07. The van der Waals surface area contributed by atoms with Gasteiger partial charge < -0.3 is 14.2 Å². The van der Waals surface area contributed by atoms with Crippen LogP contribution < -0.4 is 0 Å². The van der Waals surface area contributed by atoms with Gasteiger partial charge in [0.1, 0.15) is 0 Å². The standard InChI is InChI=1S/C11H17NO5/c1-4-15-9(13)11(10(14)16-5-2)6-7-17-8(3)12-11/h4-7H2,1-3H3. The number of carbonyl (C=O) groups is 2. The first-order chi connectivity index (χ1) is 8.06. The molecule has 1 heterocycles. The third kappa shape index (κ3) is 2.75. The predicted molar refractivity (Wildman–Crippen MR) is 59.7 cm³/mol. The molecule has 1 aliphatic rings. The number of rotatable bonds is 4. The van der Waals surface area contributed by atoms with E-state index in [1.807, 2.05) is 0 Å². The van der Waals surface area contributed by atoms with Crippen LogP contribution in [0.4, 0.5) is 0 Å². The number of hydrogen-bond acceptors (Lipinski definition) is 6. The number of esters is 2. The summed E-state index contributed by atoms with van der Waals surface area (Å²) >= 11 is 0. The third-order valence-electron chi connectivity index (χ3n) is 2.35. The fourth-order valence-electron chi connectivity index (χ4n) is 1.58. The smallest absolute Gasteiger partial charge is 0.346 e. The van der Waals surface area contributed by atoms with E-state index in [9.17, 15) is 9.59 Å². The first kappa shape index (κ1) is 13.5. The normalized spacial score (nSPS) is 17.7. The van der Waals surface area contributed by atoms with Crippen LogP contribution in [-0.4, -0.2) is 43.2 Å². The molecule has 0 fully saturated rings. The molecule has 96 valence electrons. The number of aliphatic imine (C=N–C) groups is 1. The summed E-state index contributed by atoms with van der Waals surface area (Å²) in [6.07, 6.45) is 0.141. The first-order valence-corrected chi connectivity index (χ1v) is 5.60. The Balaban J connectivity index is 3.04. The van der Waals surface area contributed by atoms with E-state index in [0.29, 0.717) is 0 Å². The maximum Gasteiger partial charge on any atom is 0.346 e. The van der Waals surface area contributed by atoms with Gasteiger partial charge in [0.05, 0.1) is 19.8 Å². The van der Waals surface area contributed by atoms with E-state index in [-0.39, 0.29) is 32.1 Å². The lowest BCUT2D eigenvalue weighted by Crippen LogP contribution is -2.50. The van der Waals surface area contributed by atoms with E-state index in [4.69, 9.17) is 14.2 Å². The zero-order valence-corrected chi connectivity index (χ0v) is 10.3. The molecule has 0 bridgehead atoms. The molecule has 1 rings (SSSR count). The Labute approximate surface area is 99.9 Å². The van der Waals surface area contributed by atoms with Crippen molar-refractivity contribution in [2.24, 2.45) is 4.99 Å². The number of carbonyl (C=O) groups excluding carboxylic acids is 2. The van der Waals surface area contributed by atoms with Crippen LogP contribution in [0.5, 0.6) is 0 Å². The second-order valence-corrected chi connectivity index (χ2v) is 3.53. The van der Waals surface area contributed by atoms with Gasteiger partial charge in [-0.15, -0.1) is 0 Å². The van der Waals surface area contributed by atoms with Crippen LogP contribution in [0.2, 0.25) is 0 Å². The summed E-state index contributed by atoms with van der Waals surface area (Å²) in [5, 5.41) is 0. The van der Waals surface area contributed by atoms with E-state index in [1.54, 1.807) is 20.8 Å². The third-order valence-corrected chi connectivity index (χ3v) is 2.35. The highest BCUT2D eigenvalue weighted by atomic mass is 16.6. The van der Waals surface area contributed by atoms with Crippen molar-refractivity contribution in [2.45, 2.75) is 32.7 Å². The van der Waals surface area contributed by atoms with Crippen LogP contribution in [0, 0.1) is 0 Å². The molecule has 1 aliphatic heterocycles. The van der Waals surface area contributed by atoms with Crippen molar-refractivity contribution >= 4 is 17.8 Å². The van der Waals surface area contributed by atoms with Gasteiger partial charge in [0.2, 0.25) is 0 Å². The molecule has 6 nitrogen and oxygen atoms in total. The Morgan fingerprint density at radius 3 is 2.24 bits per heavy atom. The summed E-state index contributed by atoms with van der Waals surface area (Å²) in [5.74, 6) is -1.07. The Bertz CT molecular complexity index is 319. The molecule has 0 aromatic heterocycles. The van der Waals surface area contributed by atoms with Crippen molar-refractivity contribution in [3.63, 3.8) is 0 Å². The monoisotopic (exact) mass is 243 g/mol. The van der Waals surface area contributed by atoms with Crippen LogP contribution in [0.15, 0.2) is 4.99 Å². The summed E-state index contributed by atoms with van der Waals surface area (Å²) in [6, 6.07) is 0. The summed E-state index contributed by atoms with van der Waals surface area (Å²) in [4.78, 5) is 27.8. The molecule has 0 atom stereocenters. The lowest BCUT2D eigenvalue weighted by Gasteiger charge is -2.28. The van der Waals surface area contributed by atoms with E-state index < -0.39 is 17.5 Å². The molecule has 0 saturated heterocycles. The molecule has 6 heteroatoms. The van der Waals surface area contributed by atoms with Crippen LogP contribution in [0.25, 0.3) is 0 Å². The van der Waals surface area contributed by atoms with Crippen molar-refractivity contribution < 1.29 is 23.8 Å². The molecule has 0 N–H and O–H groups in total. The number of nitrogens with zero attached hydrogens (tertiary/aromatic N) is 1. The summed E-state index contributed by atoms with van der Waals surface area (Å²) in [5.41, 5.74) is -1.59. The van der Waals surface area contributed by atoms with E-state index >= 15 is 0 Å². The molecule has 17 heavy (non-hydrogen) atoms. The molecule has 0 amide bonds. The Morgan fingerprint density at radius 2 is 1.82 bits per heavy atom. The quantitative estimate of drug-likeness (QED) is 0.536. The van der Waals surface area contributed by atoms with E-state index in [1.165, 1.54) is 0 Å². The summed E-state index contributed by atoms with van der Waals surface area (Å²) in [7, 11) is 0. The van der Waals surface area contributed by atoms with E-state index in [0.717, 1.165) is 0 Å². The maximum absolute atomic E-state index is 11.9. The lowest BCUT2D eigenvalue weighted by atomic mass is 9.95. The molecular weight excluding hydrogens is 226 g/mol. The van der Waals surface area contributed by atoms with E-state index in [2.05, 4.69) is 4.99 Å². The molecule has 0 radical (unpaired) electrons. The van der Waals surface area contributed by atoms with Gasteiger partial charge in [-0.25, -0.2) is 14.6 Å². The van der Waals surface area contributed by atoms with Gasteiger partial charge >= 0.3 is 11.9 Å². The molecule has 0 saturated carbocycles. The SMILES string of the molecule is CCOC(=O)C1(C(=O)OCC)CCOC(C)=N1. The largest absolute Gasteiger partial charge is 0.481 e. The molecule has 0 spiro atoms. The zero-order valence-electron chi connectivity index (χ0n) is 10.3. The average Bonchev–Trinajstić information content (AvgIpc) is 2.29. The average molecular weight is 243 g/mol. The van der Waals surface area contributed by atoms with Crippen LogP contribution >= 0.6 is 0 Å². The van der Waals surface area contributed by atoms with Crippen molar-refractivity contribution in [2.75, 3.05) is 19.8 Å². The number of hydrogen-bond donors (Lipinski definition) is 0. The highest BCUT2D eigenvalue weighted by Gasteiger charge is 2.50. The maximum atomic E-state index is 11.9. The van der Waals surface area contributed by atoms with Crippen LogP contribution in [0.3, 0.4) is 0 Å². The summed E-state index contributed by atoms with van der Waals surface area (Å²) in [6.45, 7) is 5.56. The fourth-order valence-corrected chi connectivity index (χ4v) is 1.58. The topological polar surface area (TPSA) is 74.2 Å². The van der Waals surface area contributed by atoms with Crippen LogP contribution in [-0.2, 0) is 23.8 Å². The minimum Gasteiger partial charge on any atom is -0.481 e. The summed E-state index contributed by atoms with van der Waals surface area (Å²) < 4.78 is 14.9. The van der Waals surface area contributed by atoms with Crippen molar-refractivity contribution in [3.8, 4) is 0 Å². The predicted octanol–water partition coefficient (Wildman–Crippen LogP) is 0.690. The van der Waals surface area contributed by atoms with Gasteiger partial charge in [-0.1, -0.05) is 0 Å². The Hall–Kier alpha value is -1.59. The van der Waals surface area contributed by atoms with Gasteiger partial charge in [0.25, 0.3) is 5.54 Å². The zero-order chi connectivity index (χ0) is 12.9. The number of ether oxygens (including phenoxy) is 3. The van der Waals surface area contributed by atoms with Crippen LogP contribution in [0.1, 0.15) is 27.2 Å². The molecule has 0 aliphatic carbocycles. The van der Waals surface area contributed by atoms with Gasteiger partial charge in [-0.2, -0.15) is 0 Å².